The van der Waals surface area contributed by atoms with E-state index < -0.39 is 0 Å². The molecule has 2 aromatic carbocycles. The molecule has 0 amide bonds. The summed E-state index contributed by atoms with van der Waals surface area (Å²) < 4.78 is 0. The summed E-state index contributed by atoms with van der Waals surface area (Å²) in [7, 11) is 0. The molecule has 0 spiro atoms. The molecular weight excluding hydrogens is 324 g/mol. The fraction of sp³-hybridized carbons (Fsp3) is 0.556. The number of aryl methyl sites for hydroxylation is 2. The predicted molar refractivity (Wildman–Crippen MR) is 117 cm³/mol. The summed E-state index contributed by atoms with van der Waals surface area (Å²) in [5, 5.41) is 0. The van der Waals surface area contributed by atoms with E-state index in [1.807, 2.05) is 0 Å². The van der Waals surface area contributed by atoms with E-state index in [1.165, 1.54) is 106 Å². The molecule has 0 radical (unpaired) electrons. The number of benzene rings is 2. The standard InChI is InChI=1S/C27H36/c1-2-4-6-13-24-14-9-15-25(24)19-18-23-12-8-17-27(21-23)26-16-7-11-22(20-26)10-5-3-1/h7-8,11-12,16-17,20-21,24-25H,1-6,9-10,13-15,18-19H2. The van der Waals surface area contributed by atoms with Gasteiger partial charge in [-0.25, -0.2) is 0 Å². The summed E-state index contributed by atoms with van der Waals surface area (Å²) >= 11 is 0. The van der Waals surface area contributed by atoms with E-state index in [1.54, 1.807) is 0 Å². The Labute approximate surface area is 166 Å². The highest BCUT2D eigenvalue weighted by Gasteiger charge is 2.26. The number of hydrogen-bond donors (Lipinski definition) is 0. The van der Waals surface area contributed by atoms with E-state index in [0.29, 0.717) is 0 Å². The van der Waals surface area contributed by atoms with Crippen LogP contribution in [0.25, 0.3) is 11.1 Å². The van der Waals surface area contributed by atoms with Crippen LogP contribution < -0.4 is 0 Å². The summed E-state index contributed by atoms with van der Waals surface area (Å²) in [6.45, 7) is 0. The zero-order valence-corrected chi connectivity index (χ0v) is 17.0. The lowest BCUT2D eigenvalue weighted by Gasteiger charge is -2.20. The highest BCUT2D eigenvalue weighted by atomic mass is 14.3. The largest absolute Gasteiger partial charge is 0.0614 e. The first kappa shape index (κ1) is 18.8. The van der Waals surface area contributed by atoms with Gasteiger partial charge < -0.3 is 0 Å². The smallest absolute Gasteiger partial charge is 0.0181 e. The van der Waals surface area contributed by atoms with Crippen LogP contribution in [0.15, 0.2) is 48.5 Å². The lowest BCUT2D eigenvalue weighted by Crippen LogP contribution is -2.09. The number of rotatable bonds is 0. The Morgan fingerprint density at radius 1 is 0.481 bits per heavy atom. The van der Waals surface area contributed by atoms with Gasteiger partial charge in [0.05, 0.1) is 0 Å². The third-order valence-corrected chi connectivity index (χ3v) is 7.10. The van der Waals surface area contributed by atoms with Gasteiger partial charge in [-0.1, -0.05) is 106 Å². The molecule has 2 aromatic rings. The third kappa shape index (κ3) is 5.24. The molecule has 2 aliphatic rings. The number of hydrogen-bond acceptors (Lipinski definition) is 0. The van der Waals surface area contributed by atoms with Gasteiger partial charge in [0.25, 0.3) is 0 Å². The molecule has 2 aliphatic carbocycles. The van der Waals surface area contributed by atoms with Crippen LogP contribution in [0.2, 0.25) is 0 Å². The van der Waals surface area contributed by atoms with Crippen molar-refractivity contribution in [2.24, 2.45) is 11.8 Å². The predicted octanol–water partition coefficient (Wildman–Crippen LogP) is 7.99. The Balaban J connectivity index is 1.52. The van der Waals surface area contributed by atoms with Crippen molar-refractivity contribution in [1.82, 2.24) is 0 Å². The molecule has 0 nitrogen and oxygen atoms in total. The van der Waals surface area contributed by atoms with Crippen LogP contribution in [0.4, 0.5) is 0 Å². The fourth-order valence-corrected chi connectivity index (χ4v) is 5.48. The van der Waals surface area contributed by atoms with Crippen LogP contribution in [0.5, 0.6) is 0 Å². The van der Waals surface area contributed by atoms with Gasteiger partial charge in [0.2, 0.25) is 0 Å². The minimum absolute atomic E-state index is 0.982. The van der Waals surface area contributed by atoms with E-state index in [0.717, 1.165) is 11.8 Å². The van der Waals surface area contributed by atoms with E-state index in [2.05, 4.69) is 48.5 Å². The van der Waals surface area contributed by atoms with Gasteiger partial charge in [-0.3, -0.25) is 0 Å². The van der Waals surface area contributed by atoms with Crippen molar-refractivity contribution in [3.63, 3.8) is 0 Å². The van der Waals surface area contributed by atoms with Crippen molar-refractivity contribution in [3.05, 3.63) is 59.7 Å². The van der Waals surface area contributed by atoms with Crippen LogP contribution in [0, 0.1) is 11.8 Å². The second-order valence-electron chi connectivity index (χ2n) is 9.05. The monoisotopic (exact) mass is 360 g/mol. The molecule has 0 heteroatoms. The first-order chi connectivity index (χ1) is 13.4. The van der Waals surface area contributed by atoms with Crippen molar-refractivity contribution >= 4 is 0 Å². The van der Waals surface area contributed by atoms with Gasteiger partial charge in [0.1, 0.15) is 0 Å². The Morgan fingerprint density at radius 2 is 1.04 bits per heavy atom. The molecule has 2 unspecified atom stereocenters. The van der Waals surface area contributed by atoms with Crippen molar-refractivity contribution in [2.45, 2.75) is 83.5 Å². The van der Waals surface area contributed by atoms with Crippen LogP contribution in [0.3, 0.4) is 0 Å². The second kappa shape index (κ2) is 9.58. The molecule has 0 saturated heterocycles. The van der Waals surface area contributed by atoms with Gasteiger partial charge in [0, 0.05) is 0 Å². The van der Waals surface area contributed by atoms with Gasteiger partial charge in [0.15, 0.2) is 0 Å². The highest BCUT2D eigenvalue weighted by Crippen LogP contribution is 2.38. The van der Waals surface area contributed by atoms with Crippen molar-refractivity contribution < 1.29 is 0 Å². The molecule has 4 bridgehead atoms. The van der Waals surface area contributed by atoms with Crippen LogP contribution in [0.1, 0.15) is 81.8 Å². The topological polar surface area (TPSA) is 0 Å². The number of fused-ring (bicyclic) bond motifs is 6. The highest BCUT2D eigenvalue weighted by molar-refractivity contribution is 5.65. The minimum Gasteiger partial charge on any atom is -0.0614 e. The third-order valence-electron chi connectivity index (χ3n) is 7.10. The maximum Gasteiger partial charge on any atom is -0.0181 e. The zero-order chi connectivity index (χ0) is 18.3. The maximum absolute atomic E-state index is 2.45. The van der Waals surface area contributed by atoms with Crippen molar-refractivity contribution in [1.29, 1.82) is 0 Å². The van der Waals surface area contributed by atoms with Gasteiger partial charge in [-0.05, 0) is 59.8 Å². The molecule has 144 valence electrons. The van der Waals surface area contributed by atoms with E-state index >= 15 is 0 Å². The summed E-state index contributed by atoms with van der Waals surface area (Å²) in [6.07, 6.45) is 18.4. The molecular formula is C27H36. The van der Waals surface area contributed by atoms with E-state index in [9.17, 15) is 0 Å². The second-order valence-corrected chi connectivity index (χ2v) is 9.05. The summed E-state index contributed by atoms with van der Waals surface area (Å²) in [5.41, 5.74) is 5.84. The summed E-state index contributed by atoms with van der Waals surface area (Å²) in [6, 6.07) is 18.6. The summed E-state index contributed by atoms with van der Waals surface area (Å²) in [4.78, 5) is 0. The van der Waals surface area contributed by atoms with Crippen LogP contribution >= 0.6 is 0 Å². The first-order valence-corrected chi connectivity index (χ1v) is 11.6. The van der Waals surface area contributed by atoms with Gasteiger partial charge in [-0.2, -0.15) is 0 Å². The maximum atomic E-state index is 2.45. The Hall–Kier alpha value is -1.56. The van der Waals surface area contributed by atoms with Crippen molar-refractivity contribution in [2.75, 3.05) is 0 Å². The van der Waals surface area contributed by atoms with E-state index in [4.69, 9.17) is 0 Å². The lowest BCUT2D eigenvalue weighted by atomic mass is 9.86. The SMILES string of the molecule is c1cc2cc(c1)-c1cccc(c1)CCC1CCCC1CCCCCCCC2. The van der Waals surface area contributed by atoms with Crippen LogP contribution in [-0.4, -0.2) is 0 Å². The normalized spacial score (nSPS) is 24.6. The average molecular weight is 361 g/mol. The molecule has 0 N–H and O–H groups in total. The Morgan fingerprint density at radius 3 is 1.78 bits per heavy atom. The molecule has 0 aromatic heterocycles. The molecule has 1 fully saturated rings. The van der Waals surface area contributed by atoms with Crippen LogP contribution in [-0.2, 0) is 12.8 Å². The van der Waals surface area contributed by atoms with Gasteiger partial charge in [-0.15, -0.1) is 0 Å². The van der Waals surface area contributed by atoms with Crippen molar-refractivity contribution in [3.8, 4) is 11.1 Å². The quantitative estimate of drug-likeness (QED) is 0.446. The van der Waals surface area contributed by atoms with E-state index in [-0.39, 0.29) is 0 Å². The summed E-state index contributed by atoms with van der Waals surface area (Å²) in [5.74, 6) is 2.00. The minimum atomic E-state index is 0.982. The molecule has 27 heavy (non-hydrogen) atoms. The molecule has 1 saturated carbocycles. The molecule has 2 atom stereocenters. The first-order valence-electron chi connectivity index (χ1n) is 11.6. The Bertz CT molecular complexity index is 713. The fourth-order valence-electron chi connectivity index (χ4n) is 5.48. The zero-order valence-electron chi connectivity index (χ0n) is 17.0. The lowest BCUT2D eigenvalue weighted by molar-refractivity contribution is 0.332. The molecule has 4 rings (SSSR count). The molecule has 0 heterocycles. The van der Waals surface area contributed by atoms with Gasteiger partial charge >= 0.3 is 0 Å². The Kier molecular flexibility index (Phi) is 6.67. The molecule has 0 aliphatic heterocycles. The average Bonchev–Trinajstić information content (AvgIpc) is 3.15.